The van der Waals surface area contributed by atoms with E-state index in [-0.39, 0.29) is 0 Å². The number of nitrogens with zero attached hydrogens (tertiary/aromatic N) is 1. The molecule has 0 spiro atoms. The number of nitrogens with one attached hydrogen (secondary N) is 1. The van der Waals surface area contributed by atoms with Gasteiger partial charge in [0.15, 0.2) is 9.84 Å². The van der Waals surface area contributed by atoms with Crippen LogP contribution >= 0.6 is 0 Å². The van der Waals surface area contributed by atoms with Crippen molar-refractivity contribution in [2.75, 3.05) is 6.26 Å². The zero-order valence-corrected chi connectivity index (χ0v) is 13.2. The molecule has 2 heterocycles. The van der Waals surface area contributed by atoms with E-state index in [1.807, 2.05) is 43.5 Å². The summed E-state index contributed by atoms with van der Waals surface area (Å²) in [4.78, 5) is 7.84. The average molecular weight is 312 g/mol. The molecule has 112 valence electrons. The quantitative estimate of drug-likeness (QED) is 0.805. The molecule has 0 saturated carbocycles. The lowest BCUT2D eigenvalue weighted by molar-refractivity contribution is 0.602. The number of H-pyrrole nitrogens is 1. The Morgan fingerprint density at radius 1 is 0.955 bits per heavy atom. The lowest BCUT2D eigenvalue weighted by Crippen LogP contribution is -2.00. The van der Waals surface area contributed by atoms with E-state index in [1.54, 1.807) is 18.3 Å². The number of sulfone groups is 1. The fraction of sp³-hybridized carbons (Fsp3) is 0.118. The fourth-order valence-electron chi connectivity index (χ4n) is 2.58. The maximum Gasteiger partial charge on any atom is 0.176 e. The van der Waals surface area contributed by atoms with Crippen LogP contribution in [0.25, 0.3) is 22.4 Å². The molecular formula is C17H16N2O2S. The average Bonchev–Trinajstić information content (AvgIpc) is 2.96. The Kier molecular flexibility index (Phi) is 3.58. The van der Waals surface area contributed by atoms with Crippen LogP contribution in [-0.2, 0) is 9.84 Å². The Hall–Kier alpha value is -2.40. The summed E-state index contributed by atoms with van der Waals surface area (Å²) in [7, 11) is -3.30. The minimum absolute atomic E-state index is 0.331. The number of rotatable bonds is 3. The topological polar surface area (TPSA) is 62.8 Å². The summed E-state index contributed by atoms with van der Waals surface area (Å²) in [6.45, 7) is 1.93. The molecule has 0 aliphatic rings. The van der Waals surface area contributed by atoms with Crippen molar-refractivity contribution in [3.05, 3.63) is 60.6 Å². The lowest BCUT2D eigenvalue weighted by Gasteiger charge is -2.10. The Morgan fingerprint density at radius 2 is 1.68 bits per heavy atom. The molecule has 4 nitrogen and oxygen atoms in total. The summed E-state index contributed by atoms with van der Waals surface area (Å²) in [5, 5.41) is 0. The predicted molar refractivity (Wildman–Crippen MR) is 87.3 cm³/mol. The van der Waals surface area contributed by atoms with Gasteiger partial charge in [-0.2, -0.15) is 0 Å². The zero-order valence-electron chi connectivity index (χ0n) is 12.4. The van der Waals surface area contributed by atoms with Crippen molar-refractivity contribution < 1.29 is 8.42 Å². The third-order valence-corrected chi connectivity index (χ3v) is 4.75. The molecule has 0 aliphatic heterocycles. The molecule has 3 aromatic rings. The minimum atomic E-state index is -3.30. The van der Waals surface area contributed by atoms with Crippen molar-refractivity contribution in [1.82, 2.24) is 9.97 Å². The molecule has 0 saturated heterocycles. The van der Waals surface area contributed by atoms with E-state index >= 15 is 0 Å². The maximum atomic E-state index is 12.0. The molecule has 0 amide bonds. The standard InChI is InChI=1S/C17H16N2O2S/c1-12-13(7-5-10-18-12)17-15(9-11-19-17)14-6-3-4-8-16(14)22(2,20)21/h3-11,19H,1-2H3. The van der Waals surface area contributed by atoms with Crippen LogP contribution in [0.1, 0.15) is 5.69 Å². The van der Waals surface area contributed by atoms with Crippen LogP contribution in [-0.4, -0.2) is 24.6 Å². The van der Waals surface area contributed by atoms with Gasteiger partial charge < -0.3 is 4.98 Å². The highest BCUT2D eigenvalue weighted by Gasteiger charge is 2.18. The Bertz CT molecular complexity index is 927. The van der Waals surface area contributed by atoms with Gasteiger partial charge in [-0.15, -0.1) is 0 Å². The predicted octanol–water partition coefficient (Wildman–Crippen LogP) is 3.46. The molecule has 2 aromatic heterocycles. The third-order valence-electron chi connectivity index (χ3n) is 3.60. The molecular weight excluding hydrogens is 296 g/mol. The minimum Gasteiger partial charge on any atom is -0.361 e. The lowest BCUT2D eigenvalue weighted by atomic mass is 10.0. The van der Waals surface area contributed by atoms with E-state index in [2.05, 4.69) is 9.97 Å². The molecule has 0 bridgehead atoms. The van der Waals surface area contributed by atoms with Gasteiger partial charge in [0, 0.05) is 41.0 Å². The number of pyridine rings is 1. The van der Waals surface area contributed by atoms with Gasteiger partial charge in [-0.05, 0) is 31.2 Å². The van der Waals surface area contributed by atoms with Crippen LogP contribution in [0, 0.1) is 6.92 Å². The van der Waals surface area contributed by atoms with Gasteiger partial charge in [0.2, 0.25) is 0 Å². The SMILES string of the molecule is Cc1ncccc1-c1[nH]ccc1-c1ccccc1S(C)(=O)=O. The largest absolute Gasteiger partial charge is 0.361 e. The molecule has 5 heteroatoms. The molecule has 1 N–H and O–H groups in total. The maximum absolute atomic E-state index is 12.0. The van der Waals surface area contributed by atoms with Crippen molar-refractivity contribution in [2.45, 2.75) is 11.8 Å². The molecule has 0 fully saturated rings. The number of benzene rings is 1. The Morgan fingerprint density at radius 3 is 2.41 bits per heavy atom. The van der Waals surface area contributed by atoms with Gasteiger partial charge in [0.25, 0.3) is 0 Å². The summed E-state index contributed by atoms with van der Waals surface area (Å²) < 4.78 is 24.1. The number of aromatic nitrogens is 2. The second-order valence-electron chi connectivity index (χ2n) is 5.17. The zero-order chi connectivity index (χ0) is 15.7. The van der Waals surface area contributed by atoms with E-state index in [1.165, 1.54) is 6.26 Å². The number of aryl methyl sites for hydroxylation is 1. The van der Waals surface area contributed by atoms with Crippen LogP contribution in [0.5, 0.6) is 0 Å². The van der Waals surface area contributed by atoms with Gasteiger partial charge in [0.1, 0.15) is 0 Å². The van der Waals surface area contributed by atoms with E-state index in [0.717, 1.165) is 22.5 Å². The summed E-state index contributed by atoms with van der Waals surface area (Å²) in [5.41, 5.74) is 4.29. The summed E-state index contributed by atoms with van der Waals surface area (Å²) in [6.07, 6.45) is 4.79. The van der Waals surface area contributed by atoms with Gasteiger partial charge in [-0.25, -0.2) is 8.42 Å². The van der Waals surface area contributed by atoms with Crippen molar-refractivity contribution in [3.63, 3.8) is 0 Å². The normalized spacial score (nSPS) is 11.5. The highest BCUT2D eigenvalue weighted by atomic mass is 32.2. The van der Waals surface area contributed by atoms with Crippen LogP contribution in [0.3, 0.4) is 0 Å². The smallest absolute Gasteiger partial charge is 0.176 e. The van der Waals surface area contributed by atoms with Crippen molar-refractivity contribution >= 4 is 9.84 Å². The summed E-state index contributed by atoms with van der Waals surface area (Å²) in [6, 6.07) is 12.8. The summed E-state index contributed by atoms with van der Waals surface area (Å²) >= 11 is 0. The monoisotopic (exact) mass is 312 g/mol. The van der Waals surface area contributed by atoms with Crippen LogP contribution in [0.15, 0.2) is 59.8 Å². The van der Waals surface area contributed by atoms with Crippen LogP contribution in [0.2, 0.25) is 0 Å². The molecule has 22 heavy (non-hydrogen) atoms. The number of hydrogen-bond donors (Lipinski definition) is 1. The highest BCUT2D eigenvalue weighted by Crippen LogP contribution is 2.35. The molecule has 0 radical (unpaired) electrons. The fourth-order valence-corrected chi connectivity index (χ4v) is 3.48. The third kappa shape index (κ3) is 2.55. The van der Waals surface area contributed by atoms with Gasteiger partial charge in [-0.3, -0.25) is 4.98 Å². The number of aromatic amines is 1. The van der Waals surface area contributed by atoms with Gasteiger partial charge >= 0.3 is 0 Å². The van der Waals surface area contributed by atoms with Crippen molar-refractivity contribution in [3.8, 4) is 22.4 Å². The van der Waals surface area contributed by atoms with E-state index in [0.29, 0.717) is 10.5 Å². The molecule has 3 rings (SSSR count). The second kappa shape index (κ2) is 5.42. The van der Waals surface area contributed by atoms with Crippen LogP contribution in [0.4, 0.5) is 0 Å². The first-order valence-electron chi connectivity index (χ1n) is 6.87. The molecule has 0 aliphatic carbocycles. The summed E-state index contributed by atoms with van der Waals surface area (Å²) in [5.74, 6) is 0. The van der Waals surface area contributed by atoms with Gasteiger partial charge in [0.05, 0.1) is 10.6 Å². The first kappa shape index (κ1) is 14.5. The first-order valence-corrected chi connectivity index (χ1v) is 8.76. The van der Waals surface area contributed by atoms with E-state index in [9.17, 15) is 8.42 Å². The second-order valence-corrected chi connectivity index (χ2v) is 7.16. The Labute approximate surface area is 129 Å². The van der Waals surface area contributed by atoms with E-state index in [4.69, 9.17) is 0 Å². The highest BCUT2D eigenvalue weighted by molar-refractivity contribution is 7.90. The number of hydrogen-bond acceptors (Lipinski definition) is 3. The van der Waals surface area contributed by atoms with E-state index < -0.39 is 9.84 Å². The molecule has 0 unspecified atom stereocenters. The van der Waals surface area contributed by atoms with Gasteiger partial charge in [-0.1, -0.05) is 18.2 Å². The van der Waals surface area contributed by atoms with Crippen molar-refractivity contribution in [2.24, 2.45) is 0 Å². The molecule has 0 atom stereocenters. The van der Waals surface area contributed by atoms with Crippen LogP contribution < -0.4 is 0 Å². The van der Waals surface area contributed by atoms with Crippen molar-refractivity contribution in [1.29, 1.82) is 0 Å². The molecule has 1 aromatic carbocycles. The Balaban J connectivity index is 2.26. The first-order chi connectivity index (χ1) is 10.5.